The molecule has 0 heterocycles. The van der Waals surface area contributed by atoms with Gasteiger partial charge in [0.25, 0.3) is 0 Å². The van der Waals surface area contributed by atoms with Crippen LogP contribution in [0.15, 0.2) is 24.3 Å². The van der Waals surface area contributed by atoms with Gasteiger partial charge in [0.2, 0.25) is 5.91 Å². The van der Waals surface area contributed by atoms with Gasteiger partial charge in [-0.2, -0.15) is 0 Å². The molecule has 116 valence electrons. The maximum atomic E-state index is 12.1. The second-order valence-corrected chi connectivity index (χ2v) is 5.83. The molecule has 6 heteroatoms. The third kappa shape index (κ3) is 6.60. The van der Waals surface area contributed by atoms with Gasteiger partial charge in [-0.3, -0.25) is 4.79 Å². The van der Waals surface area contributed by atoms with Crippen LogP contribution in [0.1, 0.15) is 19.4 Å². The molecule has 0 fully saturated rings. The molecule has 0 aliphatic carbocycles. The zero-order valence-corrected chi connectivity index (χ0v) is 12.9. The molecule has 0 saturated carbocycles. The first-order valence-electron chi connectivity index (χ1n) is 6.63. The normalized spacial score (nSPS) is 11.2. The highest BCUT2D eigenvalue weighted by Gasteiger charge is 2.27. The van der Waals surface area contributed by atoms with Gasteiger partial charge < -0.3 is 15.2 Å². The van der Waals surface area contributed by atoms with Gasteiger partial charge in [-0.1, -0.05) is 37.6 Å². The minimum Gasteiger partial charge on any atom is -0.480 e. The van der Waals surface area contributed by atoms with Crippen LogP contribution in [-0.2, 0) is 20.7 Å². The molecule has 1 rings (SSSR count). The van der Waals surface area contributed by atoms with Gasteiger partial charge in [-0.25, -0.2) is 4.79 Å². The van der Waals surface area contributed by atoms with E-state index in [-0.39, 0.29) is 25.7 Å². The van der Waals surface area contributed by atoms with Crippen molar-refractivity contribution < 1.29 is 19.4 Å². The lowest BCUT2D eigenvalue weighted by Crippen LogP contribution is -2.40. The lowest BCUT2D eigenvalue weighted by Gasteiger charge is -2.23. The summed E-state index contributed by atoms with van der Waals surface area (Å²) in [6.07, 6.45) is 0.565. The highest BCUT2D eigenvalue weighted by Crippen LogP contribution is 2.23. The number of carboxylic acid groups (broad SMARTS) is 1. The van der Waals surface area contributed by atoms with Gasteiger partial charge in [0.05, 0.1) is 6.61 Å². The molecule has 1 amide bonds. The van der Waals surface area contributed by atoms with E-state index in [1.54, 1.807) is 6.07 Å². The van der Waals surface area contributed by atoms with E-state index in [0.29, 0.717) is 11.4 Å². The number of carboxylic acids is 1. The van der Waals surface area contributed by atoms with Gasteiger partial charge in [-0.05, 0) is 24.1 Å². The molecule has 5 nitrogen and oxygen atoms in total. The molecule has 0 spiro atoms. The first kappa shape index (κ1) is 17.5. The smallest absolute Gasteiger partial charge is 0.329 e. The number of carbonyl (C=O) groups excluding carboxylic acids is 1. The number of benzene rings is 1. The zero-order chi connectivity index (χ0) is 15.9. The molecular formula is C15H20ClNO4. The molecule has 0 aliphatic heterocycles. The van der Waals surface area contributed by atoms with Crippen LogP contribution in [0.3, 0.4) is 0 Å². The first-order chi connectivity index (χ1) is 9.81. The van der Waals surface area contributed by atoms with E-state index >= 15 is 0 Å². The number of carbonyl (C=O) groups is 2. The Labute approximate surface area is 129 Å². The van der Waals surface area contributed by atoms with Crippen molar-refractivity contribution in [2.45, 2.75) is 20.3 Å². The Morgan fingerprint density at radius 1 is 1.38 bits per heavy atom. The Kier molecular flexibility index (Phi) is 6.65. The van der Waals surface area contributed by atoms with Crippen LogP contribution >= 0.6 is 11.6 Å². The molecule has 0 radical (unpaired) electrons. The molecule has 0 unspecified atom stereocenters. The van der Waals surface area contributed by atoms with Crippen LogP contribution in [0.4, 0.5) is 0 Å². The Morgan fingerprint density at radius 3 is 2.71 bits per heavy atom. The Hall–Kier alpha value is -1.59. The number of rotatable bonds is 8. The summed E-state index contributed by atoms with van der Waals surface area (Å²) in [5.74, 6) is -1.14. The highest BCUT2D eigenvalue weighted by atomic mass is 35.5. The fourth-order valence-electron chi connectivity index (χ4n) is 1.87. The monoisotopic (exact) mass is 313 g/mol. The Bertz CT molecular complexity index is 502. The maximum Gasteiger partial charge on any atom is 0.329 e. The first-order valence-corrected chi connectivity index (χ1v) is 7.01. The molecule has 0 aromatic heterocycles. The molecule has 1 aromatic rings. The largest absolute Gasteiger partial charge is 0.480 e. The molecule has 0 aliphatic rings. The van der Waals surface area contributed by atoms with Crippen molar-refractivity contribution in [3.8, 4) is 0 Å². The minimum atomic E-state index is -1.03. The van der Waals surface area contributed by atoms with E-state index in [1.807, 2.05) is 32.0 Å². The molecule has 0 atom stereocenters. The van der Waals surface area contributed by atoms with Crippen LogP contribution in [0.5, 0.6) is 0 Å². The van der Waals surface area contributed by atoms with Gasteiger partial charge >= 0.3 is 5.97 Å². The van der Waals surface area contributed by atoms with Crippen molar-refractivity contribution >= 4 is 23.5 Å². The van der Waals surface area contributed by atoms with E-state index < -0.39 is 11.4 Å². The zero-order valence-electron chi connectivity index (χ0n) is 12.2. The average molecular weight is 314 g/mol. The summed E-state index contributed by atoms with van der Waals surface area (Å²) in [5, 5.41) is 11.8. The average Bonchev–Trinajstić information content (AvgIpc) is 2.37. The third-order valence-corrected chi connectivity index (χ3v) is 3.14. The van der Waals surface area contributed by atoms with E-state index in [0.717, 1.165) is 5.56 Å². The molecule has 0 saturated heterocycles. The SMILES string of the molecule is CC(C)(Cc1cccc(Cl)c1)C(=O)NCCOCC(=O)O. The highest BCUT2D eigenvalue weighted by molar-refractivity contribution is 6.30. The van der Waals surface area contributed by atoms with Crippen molar-refractivity contribution in [3.05, 3.63) is 34.9 Å². The maximum absolute atomic E-state index is 12.1. The molecule has 2 N–H and O–H groups in total. The van der Waals surface area contributed by atoms with Crippen molar-refractivity contribution in [1.82, 2.24) is 5.32 Å². The summed E-state index contributed by atoms with van der Waals surface area (Å²) in [5.41, 5.74) is 0.405. The summed E-state index contributed by atoms with van der Waals surface area (Å²) in [6, 6.07) is 7.41. The second-order valence-electron chi connectivity index (χ2n) is 5.39. The number of halogens is 1. The molecular weight excluding hydrogens is 294 g/mol. The number of hydrogen-bond donors (Lipinski definition) is 2. The number of aliphatic carboxylic acids is 1. The Morgan fingerprint density at radius 2 is 2.10 bits per heavy atom. The van der Waals surface area contributed by atoms with Crippen LogP contribution in [-0.4, -0.2) is 36.7 Å². The van der Waals surface area contributed by atoms with Crippen molar-refractivity contribution in [3.63, 3.8) is 0 Å². The quantitative estimate of drug-likeness (QED) is 0.721. The van der Waals surface area contributed by atoms with Crippen LogP contribution < -0.4 is 5.32 Å². The van der Waals surface area contributed by atoms with E-state index in [9.17, 15) is 9.59 Å². The Balaban J connectivity index is 2.42. The van der Waals surface area contributed by atoms with Gasteiger partial charge in [0.1, 0.15) is 6.61 Å². The van der Waals surface area contributed by atoms with Crippen molar-refractivity contribution in [1.29, 1.82) is 0 Å². The molecule has 0 bridgehead atoms. The van der Waals surface area contributed by atoms with Crippen LogP contribution in [0.2, 0.25) is 5.02 Å². The van der Waals surface area contributed by atoms with E-state index in [2.05, 4.69) is 5.32 Å². The summed E-state index contributed by atoms with van der Waals surface area (Å²) in [6.45, 7) is 3.79. The summed E-state index contributed by atoms with van der Waals surface area (Å²) >= 11 is 5.93. The summed E-state index contributed by atoms with van der Waals surface area (Å²) in [4.78, 5) is 22.4. The topological polar surface area (TPSA) is 75.6 Å². The standard InChI is InChI=1S/C15H20ClNO4/c1-15(2,9-11-4-3-5-12(16)8-11)14(20)17-6-7-21-10-13(18)19/h3-5,8H,6-7,9-10H2,1-2H3,(H,17,20)(H,18,19). The fourth-order valence-corrected chi connectivity index (χ4v) is 2.09. The lowest BCUT2D eigenvalue weighted by molar-refractivity contribution is -0.142. The van der Waals surface area contributed by atoms with E-state index in [1.165, 1.54) is 0 Å². The number of ether oxygens (including phenoxy) is 1. The van der Waals surface area contributed by atoms with Crippen LogP contribution in [0, 0.1) is 5.41 Å². The van der Waals surface area contributed by atoms with Gasteiger partial charge in [-0.15, -0.1) is 0 Å². The number of hydrogen-bond acceptors (Lipinski definition) is 3. The summed E-state index contributed by atoms with van der Waals surface area (Å²) in [7, 11) is 0. The van der Waals surface area contributed by atoms with Crippen molar-refractivity contribution in [2.75, 3.05) is 19.8 Å². The van der Waals surface area contributed by atoms with Gasteiger partial charge in [0.15, 0.2) is 0 Å². The minimum absolute atomic E-state index is 0.110. The second kappa shape index (κ2) is 8.00. The summed E-state index contributed by atoms with van der Waals surface area (Å²) < 4.78 is 4.86. The van der Waals surface area contributed by atoms with Crippen molar-refractivity contribution in [2.24, 2.45) is 5.41 Å². The van der Waals surface area contributed by atoms with Gasteiger partial charge in [0, 0.05) is 17.0 Å². The number of amides is 1. The number of nitrogens with one attached hydrogen (secondary N) is 1. The molecule has 21 heavy (non-hydrogen) atoms. The predicted octanol–water partition coefficient (Wildman–Crippen LogP) is 2.13. The molecule has 1 aromatic carbocycles. The third-order valence-electron chi connectivity index (χ3n) is 2.91. The lowest BCUT2D eigenvalue weighted by atomic mass is 9.85. The fraction of sp³-hybridized carbons (Fsp3) is 0.467. The van der Waals surface area contributed by atoms with E-state index in [4.69, 9.17) is 21.4 Å². The van der Waals surface area contributed by atoms with Crippen LogP contribution in [0.25, 0.3) is 0 Å². The predicted molar refractivity (Wildman–Crippen MR) is 80.4 cm³/mol.